The summed E-state index contributed by atoms with van der Waals surface area (Å²) in [4.78, 5) is 0. The van der Waals surface area contributed by atoms with Crippen molar-refractivity contribution in [1.82, 2.24) is 0 Å². The third kappa shape index (κ3) is 2.45. The molecule has 0 saturated carbocycles. The summed E-state index contributed by atoms with van der Waals surface area (Å²) in [5.41, 5.74) is 0.951. The van der Waals surface area contributed by atoms with Crippen LogP contribution in [0.3, 0.4) is 0 Å². The topological polar surface area (TPSA) is 18.5 Å². The molecule has 1 fully saturated rings. The molecule has 2 unspecified atom stereocenters. The van der Waals surface area contributed by atoms with E-state index in [1.165, 1.54) is 0 Å². The second-order valence-electron chi connectivity index (χ2n) is 3.91. The van der Waals surface area contributed by atoms with Gasteiger partial charge in [0.2, 0.25) is 0 Å². The molecule has 0 radical (unpaired) electrons. The maximum atomic E-state index is 6.45. The Labute approximate surface area is 105 Å². The molecule has 0 amide bonds. The molecule has 1 heterocycles. The van der Waals surface area contributed by atoms with E-state index in [1.807, 2.05) is 12.1 Å². The van der Waals surface area contributed by atoms with E-state index >= 15 is 0 Å². The van der Waals surface area contributed by atoms with Crippen molar-refractivity contribution >= 4 is 23.2 Å². The fourth-order valence-corrected chi connectivity index (χ4v) is 2.51. The normalized spacial score (nSPS) is 22.1. The van der Waals surface area contributed by atoms with Gasteiger partial charge in [0, 0.05) is 23.1 Å². The molecule has 1 aromatic rings. The predicted molar refractivity (Wildman–Crippen MR) is 65.5 cm³/mol. The second kappa shape index (κ2) is 5.26. The standard InChI is InChI=1S/C12H14Cl2O2/c1-15-11-3-2-9(13)6-10(11)12(14)8-4-5-16-7-8/h2-3,6,8,12H,4-5,7H2,1H3. The number of benzene rings is 1. The number of ether oxygens (including phenoxy) is 2. The van der Waals surface area contributed by atoms with Gasteiger partial charge in [-0.15, -0.1) is 11.6 Å². The van der Waals surface area contributed by atoms with Crippen LogP contribution in [0, 0.1) is 5.92 Å². The van der Waals surface area contributed by atoms with Crippen molar-refractivity contribution in [2.75, 3.05) is 20.3 Å². The molecule has 1 aliphatic rings. The fourth-order valence-electron chi connectivity index (χ4n) is 1.96. The van der Waals surface area contributed by atoms with E-state index in [1.54, 1.807) is 13.2 Å². The first-order valence-electron chi connectivity index (χ1n) is 5.27. The van der Waals surface area contributed by atoms with Crippen LogP contribution < -0.4 is 4.74 Å². The van der Waals surface area contributed by atoms with Crippen LogP contribution in [0.2, 0.25) is 5.02 Å². The van der Waals surface area contributed by atoms with Crippen LogP contribution >= 0.6 is 23.2 Å². The smallest absolute Gasteiger partial charge is 0.123 e. The zero-order chi connectivity index (χ0) is 11.5. The summed E-state index contributed by atoms with van der Waals surface area (Å²) >= 11 is 12.4. The molecule has 0 bridgehead atoms. The van der Waals surface area contributed by atoms with Gasteiger partial charge < -0.3 is 9.47 Å². The Balaban J connectivity index is 2.26. The van der Waals surface area contributed by atoms with E-state index in [0.29, 0.717) is 17.5 Å². The van der Waals surface area contributed by atoms with Gasteiger partial charge in [-0.05, 0) is 24.6 Å². The molecule has 88 valence electrons. The molecule has 2 nitrogen and oxygen atoms in total. The molecule has 1 aliphatic heterocycles. The number of methoxy groups -OCH3 is 1. The quantitative estimate of drug-likeness (QED) is 0.773. The van der Waals surface area contributed by atoms with Crippen molar-refractivity contribution in [2.24, 2.45) is 5.92 Å². The van der Waals surface area contributed by atoms with Gasteiger partial charge >= 0.3 is 0 Å². The summed E-state index contributed by atoms with van der Waals surface area (Å²) in [6.45, 7) is 1.50. The first-order chi connectivity index (χ1) is 7.72. The lowest BCUT2D eigenvalue weighted by molar-refractivity contribution is 0.185. The van der Waals surface area contributed by atoms with Crippen LogP contribution in [0.1, 0.15) is 17.4 Å². The Hall–Kier alpha value is -0.440. The first-order valence-corrected chi connectivity index (χ1v) is 6.09. The van der Waals surface area contributed by atoms with Crippen LogP contribution in [0.5, 0.6) is 5.75 Å². The van der Waals surface area contributed by atoms with Gasteiger partial charge in [-0.1, -0.05) is 11.6 Å². The molecule has 1 saturated heterocycles. The van der Waals surface area contributed by atoms with Crippen LogP contribution in [0.4, 0.5) is 0 Å². The minimum Gasteiger partial charge on any atom is -0.496 e. The van der Waals surface area contributed by atoms with Crippen LogP contribution in [0.25, 0.3) is 0 Å². The van der Waals surface area contributed by atoms with Gasteiger partial charge in [0.25, 0.3) is 0 Å². The molecular weight excluding hydrogens is 247 g/mol. The lowest BCUT2D eigenvalue weighted by Crippen LogP contribution is -2.09. The second-order valence-corrected chi connectivity index (χ2v) is 4.82. The van der Waals surface area contributed by atoms with Gasteiger partial charge in [-0.2, -0.15) is 0 Å². The predicted octanol–water partition coefficient (Wildman–Crippen LogP) is 3.67. The molecule has 16 heavy (non-hydrogen) atoms. The van der Waals surface area contributed by atoms with E-state index < -0.39 is 0 Å². The summed E-state index contributed by atoms with van der Waals surface area (Å²) in [6, 6.07) is 5.53. The third-order valence-electron chi connectivity index (χ3n) is 2.87. The Kier molecular flexibility index (Phi) is 3.95. The Morgan fingerprint density at radius 1 is 1.50 bits per heavy atom. The Bertz CT molecular complexity index is 362. The lowest BCUT2D eigenvalue weighted by atomic mass is 9.97. The highest BCUT2D eigenvalue weighted by Gasteiger charge is 2.27. The average molecular weight is 261 g/mol. The molecule has 1 aromatic carbocycles. The van der Waals surface area contributed by atoms with Gasteiger partial charge in [-0.3, -0.25) is 0 Å². The zero-order valence-corrected chi connectivity index (χ0v) is 10.6. The molecule has 2 rings (SSSR count). The van der Waals surface area contributed by atoms with Crippen LogP contribution in [-0.2, 0) is 4.74 Å². The van der Waals surface area contributed by atoms with Gasteiger partial charge in [0.05, 0.1) is 19.1 Å². The highest BCUT2D eigenvalue weighted by atomic mass is 35.5. The van der Waals surface area contributed by atoms with E-state index in [2.05, 4.69) is 0 Å². The van der Waals surface area contributed by atoms with Crippen molar-refractivity contribution in [3.63, 3.8) is 0 Å². The summed E-state index contributed by atoms with van der Waals surface area (Å²) in [5, 5.41) is 0.580. The highest BCUT2D eigenvalue weighted by molar-refractivity contribution is 6.31. The highest BCUT2D eigenvalue weighted by Crippen LogP contribution is 2.39. The number of hydrogen-bond donors (Lipinski definition) is 0. The van der Waals surface area contributed by atoms with Crippen molar-refractivity contribution in [3.8, 4) is 5.75 Å². The summed E-state index contributed by atoms with van der Waals surface area (Å²) in [6.07, 6.45) is 0.990. The maximum absolute atomic E-state index is 6.45. The van der Waals surface area contributed by atoms with Crippen molar-refractivity contribution < 1.29 is 9.47 Å². The van der Waals surface area contributed by atoms with Crippen molar-refractivity contribution in [2.45, 2.75) is 11.8 Å². The van der Waals surface area contributed by atoms with Gasteiger partial charge in [-0.25, -0.2) is 0 Å². The zero-order valence-electron chi connectivity index (χ0n) is 9.08. The Morgan fingerprint density at radius 2 is 2.31 bits per heavy atom. The number of alkyl halides is 1. The minimum absolute atomic E-state index is 0.101. The number of rotatable bonds is 3. The average Bonchev–Trinajstić information content (AvgIpc) is 2.81. The van der Waals surface area contributed by atoms with E-state index in [9.17, 15) is 0 Å². The summed E-state index contributed by atoms with van der Waals surface area (Å²) in [7, 11) is 1.64. The molecular formula is C12H14Cl2O2. The van der Waals surface area contributed by atoms with E-state index in [0.717, 1.165) is 24.3 Å². The monoisotopic (exact) mass is 260 g/mol. The number of hydrogen-bond acceptors (Lipinski definition) is 2. The molecule has 0 N–H and O–H groups in total. The van der Waals surface area contributed by atoms with Gasteiger partial charge in [0.1, 0.15) is 5.75 Å². The lowest BCUT2D eigenvalue weighted by Gasteiger charge is -2.18. The van der Waals surface area contributed by atoms with Crippen molar-refractivity contribution in [3.05, 3.63) is 28.8 Å². The largest absolute Gasteiger partial charge is 0.496 e. The summed E-state index contributed by atoms with van der Waals surface area (Å²) < 4.78 is 10.6. The van der Waals surface area contributed by atoms with Gasteiger partial charge in [0.15, 0.2) is 0 Å². The molecule has 2 atom stereocenters. The first kappa shape index (κ1) is 12.0. The minimum atomic E-state index is -0.101. The summed E-state index contributed by atoms with van der Waals surface area (Å²) in [5.74, 6) is 1.13. The van der Waals surface area contributed by atoms with E-state index in [4.69, 9.17) is 32.7 Å². The van der Waals surface area contributed by atoms with Crippen LogP contribution in [-0.4, -0.2) is 20.3 Å². The molecule has 0 aliphatic carbocycles. The fraction of sp³-hybridized carbons (Fsp3) is 0.500. The molecule has 4 heteroatoms. The van der Waals surface area contributed by atoms with Crippen LogP contribution in [0.15, 0.2) is 18.2 Å². The van der Waals surface area contributed by atoms with E-state index in [-0.39, 0.29) is 5.38 Å². The molecule has 0 aromatic heterocycles. The van der Waals surface area contributed by atoms with Crippen molar-refractivity contribution in [1.29, 1.82) is 0 Å². The maximum Gasteiger partial charge on any atom is 0.123 e. The molecule has 0 spiro atoms. The Morgan fingerprint density at radius 3 is 2.94 bits per heavy atom. The number of halogens is 2. The SMILES string of the molecule is COc1ccc(Cl)cc1C(Cl)C1CCOC1. The third-order valence-corrected chi connectivity index (χ3v) is 3.69.